The monoisotopic (exact) mass is 411 g/mol. The average Bonchev–Trinajstić information content (AvgIpc) is 2.57. The molecule has 0 saturated heterocycles. The number of hydrogen-bond acceptors (Lipinski definition) is 4. The van der Waals surface area contributed by atoms with Crippen LogP contribution < -0.4 is 10.1 Å². The average molecular weight is 413 g/mol. The summed E-state index contributed by atoms with van der Waals surface area (Å²) in [7, 11) is 1.26. The number of ether oxygens (including phenoxy) is 2. The molecule has 0 heterocycles. The molecule has 0 aliphatic heterocycles. The molecule has 1 atom stereocenters. The van der Waals surface area contributed by atoms with Crippen LogP contribution in [0.25, 0.3) is 0 Å². The Morgan fingerprint density at radius 2 is 1.83 bits per heavy atom. The number of amides is 1. The van der Waals surface area contributed by atoms with Crippen LogP contribution in [0.1, 0.15) is 17.3 Å². The zero-order valence-corrected chi connectivity index (χ0v) is 15.3. The molecule has 24 heavy (non-hydrogen) atoms. The fourth-order valence-electron chi connectivity index (χ4n) is 1.88. The van der Waals surface area contributed by atoms with Crippen molar-refractivity contribution in [3.63, 3.8) is 0 Å². The Morgan fingerprint density at radius 3 is 2.46 bits per heavy atom. The molecule has 126 valence electrons. The molecule has 2 aromatic rings. The molecular weight excluding hydrogens is 398 g/mol. The summed E-state index contributed by atoms with van der Waals surface area (Å²) in [4.78, 5) is 23.9. The molecule has 0 saturated carbocycles. The Labute approximate surface area is 153 Å². The fraction of sp³-hybridized carbons (Fsp3) is 0.176. The van der Waals surface area contributed by atoms with Crippen molar-refractivity contribution in [2.24, 2.45) is 0 Å². The predicted molar refractivity (Wildman–Crippen MR) is 95.7 cm³/mol. The molecule has 0 fully saturated rings. The fourth-order valence-corrected chi connectivity index (χ4v) is 2.34. The van der Waals surface area contributed by atoms with Gasteiger partial charge in [-0.15, -0.1) is 0 Å². The number of carbonyl (C=O) groups is 2. The van der Waals surface area contributed by atoms with E-state index in [4.69, 9.17) is 16.3 Å². The number of benzene rings is 2. The van der Waals surface area contributed by atoms with Crippen molar-refractivity contribution in [2.75, 3.05) is 12.4 Å². The van der Waals surface area contributed by atoms with Crippen molar-refractivity contribution < 1.29 is 19.1 Å². The number of methoxy groups -OCH3 is 1. The highest BCUT2D eigenvalue weighted by Gasteiger charge is 2.17. The second kappa shape index (κ2) is 8.17. The van der Waals surface area contributed by atoms with Crippen molar-refractivity contribution in [3.8, 4) is 5.75 Å². The molecule has 7 heteroatoms. The molecule has 1 N–H and O–H groups in total. The van der Waals surface area contributed by atoms with Crippen molar-refractivity contribution in [1.82, 2.24) is 0 Å². The minimum absolute atomic E-state index is 0.179. The van der Waals surface area contributed by atoms with Crippen LogP contribution in [-0.2, 0) is 9.53 Å². The molecule has 0 aliphatic carbocycles. The minimum Gasteiger partial charge on any atom is -0.481 e. The zero-order valence-electron chi connectivity index (χ0n) is 13.0. The van der Waals surface area contributed by atoms with Gasteiger partial charge in [-0.25, -0.2) is 4.79 Å². The van der Waals surface area contributed by atoms with Gasteiger partial charge in [0.25, 0.3) is 5.91 Å². The van der Waals surface area contributed by atoms with Gasteiger partial charge in [-0.3, -0.25) is 4.79 Å². The Bertz CT molecular complexity index is 749. The predicted octanol–water partition coefficient (Wildman–Crippen LogP) is 4.30. The number of anilines is 1. The first kappa shape index (κ1) is 18.3. The Hall–Kier alpha value is -2.05. The number of carbonyl (C=O) groups excluding carboxylic acids is 2. The van der Waals surface area contributed by atoms with Gasteiger partial charge in [0.1, 0.15) is 5.75 Å². The van der Waals surface area contributed by atoms with Crippen LogP contribution in [0.15, 0.2) is 46.9 Å². The van der Waals surface area contributed by atoms with Crippen LogP contribution in [0, 0.1) is 0 Å². The third-order valence-corrected chi connectivity index (χ3v) is 3.99. The molecule has 0 aromatic heterocycles. The zero-order chi connectivity index (χ0) is 17.7. The van der Waals surface area contributed by atoms with E-state index < -0.39 is 12.1 Å². The molecule has 1 unspecified atom stereocenters. The largest absolute Gasteiger partial charge is 0.481 e. The van der Waals surface area contributed by atoms with E-state index in [2.05, 4.69) is 26.0 Å². The Morgan fingerprint density at radius 1 is 1.17 bits per heavy atom. The lowest BCUT2D eigenvalue weighted by atomic mass is 10.2. The first-order valence-corrected chi connectivity index (χ1v) is 8.18. The van der Waals surface area contributed by atoms with E-state index in [1.165, 1.54) is 19.2 Å². The molecule has 0 radical (unpaired) electrons. The topological polar surface area (TPSA) is 64.6 Å². The van der Waals surface area contributed by atoms with Crippen molar-refractivity contribution in [3.05, 3.63) is 57.5 Å². The standard InChI is InChI=1S/C17H15BrClNO4/c1-10(24-13-6-3-11(18)4-7-13)16(21)20-12-5-8-15(19)14(9-12)17(22)23-2/h3-10H,1-2H3,(H,20,21). The molecule has 5 nitrogen and oxygen atoms in total. The van der Waals surface area contributed by atoms with Gasteiger partial charge in [-0.1, -0.05) is 27.5 Å². The molecule has 2 rings (SSSR count). The number of esters is 1. The van der Waals surface area contributed by atoms with Crippen molar-refractivity contribution in [1.29, 1.82) is 0 Å². The summed E-state index contributed by atoms with van der Waals surface area (Å²) in [5, 5.41) is 2.93. The van der Waals surface area contributed by atoms with Crippen LogP contribution >= 0.6 is 27.5 Å². The number of nitrogens with one attached hydrogen (secondary N) is 1. The lowest BCUT2D eigenvalue weighted by molar-refractivity contribution is -0.122. The summed E-state index contributed by atoms with van der Waals surface area (Å²) in [6.45, 7) is 1.63. The normalized spacial score (nSPS) is 11.5. The van der Waals surface area contributed by atoms with E-state index in [0.717, 1.165) is 4.47 Å². The van der Waals surface area contributed by atoms with E-state index in [-0.39, 0.29) is 16.5 Å². The number of halogens is 2. The van der Waals surface area contributed by atoms with Crippen LogP contribution in [0.2, 0.25) is 5.02 Å². The second-order valence-electron chi connectivity index (χ2n) is 4.89. The van der Waals surface area contributed by atoms with E-state index in [0.29, 0.717) is 11.4 Å². The molecule has 2 aromatic carbocycles. The lowest BCUT2D eigenvalue weighted by Gasteiger charge is -2.15. The highest BCUT2D eigenvalue weighted by atomic mass is 79.9. The van der Waals surface area contributed by atoms with E-state index in [1.807, 2.05) is 12.1 Å². The first-order chi connectivity index (χ1) is 11.4. The highest BCUT2D eigenvalue weighted by Crippen LogP contribution is 2.22. The highest BCUT2D eigenvalue weighted by molar-refractivity contribution is 9.10. The van der Waals surface area contributed by atoms with Gasteiger partial charge in [-0.05, 0) is 49.4 Å². The maximum absolute atomic E-state index is 12.2. The van der Waals surface area contributed by atoms with E-state index in [1.54, 1.807) is 25.1 Å². The first-order valence-electron chi connectivity index (χ1n) is 7.01. The molecule has 0 spiro atoms. The van der Waals surface area contributed by atoms with Gasteiger partial charge in [0, 0.05) is 10.2 Å². The van der Waals surface area contributed by atoms with Crippen molar-refractivity contribution >= 4 is 45.1 Å². The van der Waals surface area contributed by atoms with Gasteiger partial charge in [0.2, 0.25) is 0 Å². The van der Waals surface area contributed by atoms with E-state index >= 15 is 0 Å². The van der Waals surface area contributed by atoms with Gasteiger partial charge >= 0.3 is 5.97 Å². The third kappa shape index (κ3) is 4.72. The number of hydrogen-bond donors (Lipinski definition) is 1. The summed E-state index contributed by atoms with van der Waals surface area (Å²) < 4.78 is 11.1. The van der Waals surface area contributed by atoms with Crippen LogP contribution in [0.5, 0.6) is 5.75 Å². The van der Waals surface area contributed by atoms with Gasteiger partial charge in [0.15, 0.2) is 6.10 Å². The molecule has 1 amide bonds. The second-order valence-corrected chi connectivity index (χ2v) is 6.21. The quantitative estimate of drug-likeness (QED) is 0.744. The lowest BCUT2D eigenvalue weighted by Crippen LogP contribution is -2.30. The van der Waals surface area contributed by atoms with Gasteiger partial charge < -0.3 is 14.8 Å². The van der Waals surface area contributed by atoms with Crippen molar-refractivity contribution in [2.45, 2.75) is 13.0 Å². The van der Waals surface area contributed by atoms with Gasteiger partial charge in [0.05, 0.1) is 17.7 Å². The SMILES string of the molecule is COC(=O)c1cc(NC(=O)C(C)Oc2ccc(Br)cc2)ccc1Cl. The van der Waals surface area contributed by atoms with Gasteiger partial charge in [-0.2, -0.15) is 0 Å². The molecule has 0 bridgehead atoms. The Kier molecular flexibility index (Phi) is 6.23. The summed E-state index contributed by atoms with van der Waals surface area (Å²) >= 11 is 9.28. The summed E-state index contributed by atoms with van der Waals surface area (Å²) in [6, 6.07) is 11.7. The smallest absolute Gasteiger partial charge is 0.339 e. The molecule has 0 aliphatic rings. The third-order valence-electron chi connectivity index (χ3n) is 3.13. The summed E-state index contributed by atoms with van der Waals surface area (Å²) in [5.74, 6) is -0.349. The van der Waals surface area contributed by atoms with Crippen LogP contribution in [0.3, 0.4) is 0 Å². The number of rotatable bonds is 5. The van der Waals surface area contributed by atoms with Crippen LogP contribution in [-0.4, -0.2) is 25.1 Å². The molecular formula is C17H15BrClNO4. The van der Waals surface area contributed by atoms with E-state index in [9.17, 15) is 9.59 Å². The minimum atomic E-state index is -0.719. The summed E-state index contributed by atoms with van der Waals surface area (Å²) in [5.41, 5.74) is 0.606. The maximum Gasteiger partial charge on any atom is 0.339 e. The Balaban J connectivity index is 2.05. The van der Waals surface area contributed by atoms with Crippen LogP contribution in [0.4, 0.5) is 5.69 Å². The maximum atomic E-state index is 12.2. The summed E-state index contributed by atoms with van der Waals surface area (Å²) in [6.07, 6.45) is -0.719.